The SMILES string of the molecule is O=[N+]([O-])c1ccc([O-])c(/C=N\n2c(-c3ccccc3)n[nH]c2=S)c1. The first-order chi connectivity index (χ1) is 11.6. The Morgan fingerprint density at radius 3 is 2.71 bits per heavy atom. The number of hydrogen-bond donors (Lipinski definition) is 1. The van der Waals surface area contributed by atoms with Crippen molar-refractivity contribution in [1.82, 2.24) is 14.9 Å². The second kappa shape index (κ2) is 6.42. The summed E-state index contributed by atoms with van der Waals surface area (Å²) in [6.45, 7) is 0. The Balaban J connectivity index is 2.02. The number of nitro groups is 1. The number of H-pyrrole nitrogens is 1. The van der Waals surface area contributed by atoms with Crippen molar-refractivity contribution in [2.24, 2.45) is 5.10 Å². The predicted octanol–water partition coefficient (Wildman–Crippen LogP) is 2.47. The van der Waals surface area contributed by atoms with E-state index >= 15 is 0 Å². The fraction of sp³-hybridized carbons (Fsp3) is 0. The predicted molar refractivity (Wildman–Crippen MR) is 88.4 cm³/mol. The van der Waals surface area contributed by atoms with Crippen LogP contribution in [0, 0.1) is 14.9 Å². The summed E-state index contributed by atoms with van der Waals surface area (Å²) >= 11 is 5.13. The van der Waals surface area contributed by atoms with Crippen LogP contribution < -0.4 is 5.11 Å². The maximum Gasteiger partial charge on any atom is 0.270 e. The molecule has 3 rings (SSSR count). The normalized spacial score (nSPS) is 11.0. The first kappa shape index (κ1) is 15.6. The molecule has 0 radical (unpaired) electrons. The smallest absolute Gasteiger partial charge is 0.270 e. The number of aromatic nitrogens is 3. The lowest BCUT2D eigenvalue weighted by molar-refractivity contribution is -0.385. The zero-order valence-corrected chi connectivity index (χ0v) is 12.9. The second-order valence-electron chi connectivity index (χ2n) is 4.75. The van der Waals surface area contributed by atoms with Gasteiger partial charge >= 0.3 is 0 Å². The molecule has 0 saturated heterocycles. The van der Waals surface area contributed by atoms with E-state index in [-0.39, 0.29) is 21.8 Å². The first-order valence-corrected chi connectivity index (χ1v) is 7.20. The van der Waals surface area contributed by atoms with E-state index < -0.39 is 4.92 Å². The van der Waals surface area contributed by atoms with Crippen molar-refractivity contribution in [3.8, 4) is 17.1 Å². The molecular formula is C15H10N5O3S-. The van der Waals surface area contributed by atoms with Gasteiger partial charge in [-0.15, -0.1) is 0 Å². The van der Waals surface area contributed by atoms with Crippen LogP contribution in [-0.4, -0.2) is 26.0 Å². The molecule has 2 aromatic carbocycles. The molecule has 0 aliphatic carbocycles. The van der Waals surface area contributed by atoms with Crippen LogP contribution in [0.3, 0.4) is 0 Å². The topological polar surface area (TPSA) is 112 Å². The van der Waals surface area contributed by atoms with Gasteiger partial charge in [-0.3, -0.25) is 10.1 Å². The molecule has 0 saturated carbocycles. The summed E-state index contributed by atoms with van der Waals surface area (Å²) in [6.07, 6.45) is 1.23. The zero-order valence-electron chi connectivity index (χ0n) is 12.1. The summed E-state index contributed by atoms with van der Waals surface area (Å²) in [6, 6.07) is 12.7. The van der Waals surface area contributed by atoms with E-state index in [0.29, 0.717) is 5.82 Å². The molecule has 1 heterocycles. The minimum Gasteiger partial charge on any atom is -0.872 e. The molecule has 120 valence electrons. The molecule has 0 amide bonds. The van der Waals surface area contributed by atoms with Gasteiger partial charge in [-0.1, -0.05) is 42.1 Å². The number of nitro benzene ring substituents is 1. The number of nitrogens with zero attached hydrogens (tertiary/aromatic N) is 4. The molecule has 0 atom stereocenters. The fourth-order valence-electron chi connectivity index (χ4n) is 2.04. The molecule has 0 aliphatic heterocycles. The molecule has 0 spiro atoms. The number of non-ortho nitro benzene ring substituents is 1. The highest BCUT2D eigenvalue weighted by Gasteiger charge is 2.08. The number of hydrogen-bond acceptors (Lipinski definition) is 6. The van der Waals surface area contributed by atoms with Crippen molar-refractivity contribution in [2.75, 3.05) is 0 Å². The minimum absolute atomic E-state index is 0.0892. The Kier molecular flexibility index (Phi) is 4.17. The number of nitrogens with one attached hydrogen (secondary N) is 1. The molecule has 8 nitrogen and oxygen atoms in total. The van der Waals surface area contributed by atoms with Gasteiger partial charge in [-0.05, 0) is 17.8 Å². The quantitative estimate of drug-likeness (QED) is 0.339. The average molecular weight is 340 g/mol. The molecule has 1 N–H and O–H groups in total. The van der Waals surface area contributed by atoms with Gasteiger partial charge in [0.05, 0.1) is 11.1 Å². The Hall–Kier alpha value is -3.33. The van der Waals surface area contributed by atoms with Gasteiger partial charge in [-0.2, -0.15) is 14.9 Å². The molecule has 24 heavy (non-hydrogen) atoms. The van der Waals surface area contributed by atoms with Crippen LogP contribution >= 0.6 is 12.2 Å². The van der Waals surface area contributed by atoms with Gasteiger partial charge in [0, 0.05) is 17.7 Å². The Labute approximate surface area is 140 Å². The molecule has 0 fully saturated rings. The van der Waals surface area contributed by atoms with Crippen LogP contribution in [0.25, 0.3) is 11.4 Å². The van der Waals surface area contributed by atoms with Gasteiger partial charge in [0.25, 0.3) is 5.69 Å². The summed E-state index contributed by atoms with van der Waals surface area (Å²) in [4.78, 5) is 10.2. The van der Waals surface area contributed by atoms with Crippen LogP contribution in [0.4, 0.5) is 5.69 Å². The highest BCUT2D eigenvalue weighted by molar-refractivity contribution is 7.71. The van der Waals surface area contributed by atoms with E-state index in [9.17, 15) is 15.2 Å². The zero-order chi connectivity index (χ0) is 17.1. The van der Waals surface area contributed by atoms with E-state index in [1.165, 1.54) is 10.9 Å². The van der Waals surface area contributed by atoms with E-state index in [0.717, 1.165) is 23.8 Å². The van der Waals surface area contributed by atoms with E-state index in [1.54, 1.807) is 0 Å². The van der Waals surface area contributed by atoms with E-state index in [1.807, 2.05) is 30.3 Å². The van der Waals surface area contributed by atoms with Crippen LogP contribution in [0.5, 0.6) is 5.75 Å². The van der Waals surface area contributed by atoms with Gasteiger partial charge in [-0.25, -0.2) is 5.10 Å². The van der Waals surface area contributed by atoms with Crippen molar-refractivity contribution in [1.29, 1.82) is 0 Å². The van der Waals surface area contributed by atoms with Gasteiger partial charge < -0.3 is 5.11 Å². The summed E-state index contributed by atoms with van der Waals surface area (Å²) in [7, 11) is 0. The standard InChI is InChI=1S/C15H11N5O3S/c21-13-7-6-12(20(22)23)8-11(13)9-16-19-14(17-18-15(19)24)10-4-2-1-3-5-10/h1-9,21H,(H,18,24)/p-1/b16-9-. The number of rotatable bonds is 4. The summed E-state index contributed by atoms with van der Waals surface area (Å²) in [5.41, 5.74) is 0.685. The van der Waals surface area contributed by atoms with Crippen molar-refractivity contribution in [3.63, 3.8) is 0 Å². The van der Waals surface area contributed by atoms with Crippen LogP contribution in [-0.2, 0) is 0 Å². The number of benzene rings is 2. The van der Waals surface area contributed by atoms with E-state index in [2.05, 4.69) is 15.3 Å². The molecule has 3 aromatic rings. The van der Waals surface area contributed by atoms with Crippen LogP contribution in [0.1, 0.15) is 5.56 Å². The third kappa shape index (κ3) is 3.06. The van der Waals surface area contributed by atoms with Gasteiger partial charge in [0.2, 0.25) is 4.77 Å². The van der Waals surface area contributed by atoms with Crippen molar-refractivity contribution in [2.45, 2.75) is 0 Å². The summed E-state index contributed by atoms with van der Waals surface area (Å²) < 4.78 is 1.59. The maximum absolute atomic E-state index is 11.8. The largest absolute Gasteiger partial charge is 0.872 e. The minimum atomic E-state index is -0.574. The summed E-state index contributed by atoms with van der Waals surface area (Å²) in [5.74, 6) is 0.0929. The third-order valence-corrected chi connectivity index (χ3v) is 3.46. The molecular weight excluding hydrogens is 330 g/mol. The molecule has 0 bridgehead atoms. The van der Waals surface area contributed by atoms with Crippen molar-refractivity contribution >= 4 is 24.1 Å². The molecule has 0 aliphatic rings. The molecule has 1 aromatic heterocycles. The number of aromatic amines is 1. The summed E-state index contributed by atoms with van der Waals surface area (Å²) in [5, 5.41) is 33.5. The lowest BCUT2D eigenvalue weighted by Gasteiger charge is -2.08. The second-order valence-corrected chi connectivity index (χ2v) is 5.14. The molecule has 0 unspecified atom stereocenters. The van der Waals surface area contributed by atoms with Gasteiger partial charge in [0.1, 0.15) is 0 Å². The highest BCUT2D eigenvalue weighted by atomic mass is 32.1. The Morgan fingerprint density at radius 2 is 2.00 bits per heavy atom. The Morgan fingerprint density at radius 1 is 1.25 bits per heavy atom. The maximum atomic E-state index is 11.8. The fourth-order valence-corrected chi connectivity index (χ4v) is 2.22. The van der Waals surface area contributed by atoms with Crippen LogP contribution in [0.15, 0.2) is 53.6 Å². The lowest BCUT2D eigenvalue weighted by Crippen LogP contribution is -2.00. The highest BCUT2D eigenvalue weighted by Crippen LogP contribution is 2.20. The van der Waals surface area contributed by atoms with E-state index in [4.69, 9.17) is 12.2 Å². The molecule has 9 heteroatoms. The van der Waals surface area contributed by atoms with Crippen molar-refractivity contribution < 1.29 is 10.0 Å². The van der Waals surface area contributed by atoms with Crippen molar-refractivity contribution in [3.05, 3.63) is 69.0 Å². The lowest BCUT2D eigenvalue weighted by atomic mass is 10.2. The Bertz CT molecular complexity index is 978. The van der Waals surface area contributed by atoms with Gasteiger partial charge in [0.15, 0.2) is 5.82 Å². The average Bonchev–Trinajstić information content (AvgIpc) is 2.95. The monoisotopic (exact) mass is 340 g/mol. The first-order valence-electron chi connectivity index (χ1n) is 6.79. The van der Waals surface area contributed by atoms with Crippen LogP contribution in [0.2, 0.25) is 0 Å². The third-order valence-electron chi connectivity index (χ3n) is 3.20.